The van der Waals surface area contributed by atoms with Gasteiger partial charge in [0, 0.05) is 25.1 Å². The summed E-state index contributed by atoms with van der Waals surface area (Å²) in [5.41, 5.74) is 0.396. The van der Waals surface area contributed by atoms with E-state index in [1.54, 1.807) is 0 Å². The molecule has 3 heteroatoms. The van der Waals surface area contributed by atoms with Gasteiger partial charge in [-0.2, -0.15) is 0 Å². The zero-order chi connectivity index (χ0) is 11.3. The first kappa shape index (κ1) is 12.3. The Morgan fingerprint density at radius 1 is 1.25 bits per heavy atom. The summed E-state index contributed by atoms with van der Waals surface area (Å²) >= 11 is 0. The van der Waals surface area contributed by atoms with Crippen LogP contribution < -0.4 is 5.32 Å². The van der Waals surface area contributed by atoms with Crippen molar-refractivity contribution >= 4 is 0 Å². The molecule has 2 aliphatic rings. The van der Waals surface area contributed by atoms with Gasteiger partial charge in [0.15, 0.2) is 0 Å². The van der Waals surface area contributed by atoms with Crippen LogP contribution in [0.3, 0.4) is 0 Å². The van der Waals surface area contributed by atoms with Crippen LogP contribution in [0.2, 0.25) is 0 Å². The van der Waals surface area contributed by atoms with E-state index in [1.807, 2.05) is 0 Å². The molecule has 0 spiro atoms. The van der Waals surface area contributed by atoms with E-state index in [-0.39, 0.29) is 0 Å². The van der Waals surface area contributed by atoms with Crippen molar-refractivity contribution in [3.63, 3.8) is 0 Å². The highest BCUT2D eigenvalue weighted by molar-refractivity contribution is 4.89. The molecular weight excluding hydrogens is 200 g/mol. The maximum Gasteiger partial charge on any atom is 0.0547 e. The van der Waals surface area contributed by atoms with Crippen LogP contribution in [-0.2, 0) is 4.74 Å². The highest BCUT2D eigenvalue weighted by atomic mass is 16.5. The molecule has 3 nitrogen and oxygen atoms in total. The molecule has 2 fully saturated rings. The van der Waals surface area contributed by atoms with Crippen LogP contribution in [0.4, 0.5) is 0 Å². The minimum atomic E-state index is 0.396. The number of likely N-dealkylation sites (tertiary alicyclic amines) is 1. The first-order valence-corrected chi connectivity index (χ1v) is 6.85. The van der Waals surface area contributed by atoms with E-state index in [1.165, 1.54) is 45.3 Å². The lowest BCUT2D eigenvalue weighted by atomic mass is 9.86. The Kier molecular flexibility index (Phi) is 4.62. The molecular formula is C13H26N2O. The van der Waals surface area contributed by atoms with Crippen LogP contribution in [0.25, 0.3) is 0 Å². The predicted molar refractivity (Wildman–Crippen MR) is 66.7 cm³/mol. The van der Waals surface area contributed by atoms with E-state index < -0.39 is 0 Å². The van der Waals surface area contributed by atoms with Crippen LogP contribution in [0.15, 0.2) is 0 Å². The van der Waals surface area contributed by atoms with Gasteiger partial charge < -0.3 is 15.0 Å². The minimum Gasteiger partial charge on any atom is -0.381 e. The normalized spacial score (nSPS) is 32.1. The maximum absolute atomic E-state index is 5.63. The summed E-state index contributed by atoms with van der Waals surface area (Å²) in [6.07, 6.45) is 5.43. The van der Waals surface area contributed by atoms with Crippen molar-refractivity contribution in [2.24, 2.45) is 5.41 Å². The molecule has 16 heavy (non-hydrogen) atoms. The van der Waals surface area contributed by atoms with Crippen LogP contribution in [0, 0.1) is 5.41 Å². The molecule has 0 aromatic rings. The lowest BCUT2D eigenvalue weighted by Gasteiger charge is -2.36. The number of hydrogen-bond acceptors (Lipinski definition) is 3. The number of ether oxygens (including phenoxy) is 1. The van der Waals surface area contributed by atoms with Crippen LogP contribution in [0.5, 0.6) is 0 Å². The second-order valence-corrected chi connectivity index (χ2v) is 5.42. The molecule has 0 aromatic heterocycles. The van der Waals surface area contributed by atoms with Crippen molar-refractivity contribution in [2.45, 2.75) is 32.6 Å². The minimum absolute atomic E-state index is 0.396. The Morgan fingerprint density at radius 3 is 2.69 bits per heavy atom. The van der Waals surface area contributed by atoms with Gasteiger partial charge in [0.05, 0.1) is 6.61 Å². The average molecular weight is 226 g/mol. The first-order valence-electron chi connectivity index (χ1n) is 6.85. The highest BCUT2D eigenvalue weighted by Gasteiger charge is 2.36. The predicted octanol–water partition coefficient (Wildman–Crippen LogP) is 1.49. The van der Waals surface area contributed by atoms with E-state index >= 15 is 0 Å². The van der Waals surface area contributed by atoms with Gasteiger partial charge in [-0.25, -0.2) is 0 Å². The van der Waals surface area contributed by atoms with Crippen molar-refractivity contribution in [1.29, 1.82) is 0 Å². The van der Waals surface area contributed by atoms with Crippen LogP contribution >= 0.6 is 0 Å². The van der Waals surface area contributed by atoms with Crippen molar-refractivity contribution in [2.75, 3.05) is 45.9 Å². The van der Waals surface area contributed by atoms with Gasteiger partial charge in [-0.3, -0.25) is 0 Å². The molecule has 0 aromatic carbocycles. The van der Waals surface area contributed by atoms with Gasteiger partial charge in [-0.15, -0.1) is 0 Å². The van der Waals surface area contributed by atoms with Gasteiger partial charge in [0.1, 0.15) is 0 Å². The molecule has 0 saturated carbocycles. The van der Waals surface area contributed by atoms with Gasteiger partial charge in [-0.05, 0) is 38.9 Å². The Hall–Kier alpha value is -0.120. The lowest BCUT2D eigenvalue weighted by molar-refractivity contribution is 0.0985. The number of hydrogen-bond donors (Lipinski definition) is 1. The first-order chi connectivity index (χ1) is 7.85. The average Bonchev–Trinajstić information content (AvgIpc) is 2.77. The van der Waals surface area contributed by atoms with E-state index in [2.05, 4.69) is 17.1 Å². The Bertz CT molecular complexity index is 196. The molecule has 1 atom stereocenters. The number of nitrogens with one attached hydrogen (secondary N) is 1. The third-order valence-electron chi connectivity index (χ3n) is 3.94. The standard InChI is InChI=1S/C13H26N2O/c1-2-14-10-13(6-9-16-12-13)11-15-7-4-3-5-8-15/h14H,2-12H2,1H3. The fourth-order valence-electron chi connectivity index (χ4n) is 2.95. The van der Waals surface area contributed by atoms with Gasteiger partial charge in [0.2, 0.25) is 0 Å². The van der Waals surface area contributed by atoms with Crippen LogP contribution in [0.1, 0.15) is 32.6 Å². The molecule has 2 aliphatic heterocycles. The SMILES string of the molecule is CCNCC1(CN2CCCCC2)CCOC1. The van der Waals surface area contributed by atoms with Gasteiger partial charge in [-0.1, -0.05) is 13.3 Å². The molecule has 1 unspecified atom stereocenters. The van der Waals surface area contributed by atoms with Crippen molar-refractivity contribution < 1.29 is 4.74 Å². The summed E-state index contributed by atoms with van der Waals surface area (Å²) in [7, 11) is 0. The number of piperidine rings is 1. The molecule has 0 bridgehead atoms. The van der Waals surface area contributed by atoms with Crippen molar-refractivity contribution in [3.8, 4) is 0 Å². The van der Waals surface area contributed by atoms with E-state index in [0.717, 1.165) is 26.3 Å². The summed E-state index contributed by atoms with van der Waals surface area (Å²) in [5, 5.41) is 3.51. The monoisotopic (exact) mass is 226 g/mol. The lowest BCUT2D eigenvalue weighted by Crippen LogP contribution is -2.46. The van der Waals surface area contributed by atoms with E-state index in [4.69, 9.17) is 4.74 Å². The van der Waals surface area contributed by atoms with Gasteiger partial charge >= 0.3 is 0 Å². The molecule has 1 N–H and O–H groups in total. The molecule has 94 valence electrons. The summed E-state index contributed by atoms with van der Waals surface area (Å²) in [4.78, 5) is 2.65. The number of rotatable bonds is 5. The Morgan fingerprint density at radius 2 is 2.06 bits per heavy atom. The Labute approximate surface area is 99.5 Å². The highest BCUT2D eigenvalue weighted by Crippen LogP contribution is 2.30. The van der Waals surface area contributed by atoms with Crippen molar-refractivity contribution in [1.82, 2.24) is 10.2 Å². The smallest absolute Gasteiger partial charge is 0.0547 e. The van der Waals surface area contributed by atoms with Crippen LogP contribution in [-0.4, -0.2) is 50.8 Å². The number of nitrogens with zero attached hydrogens (tertiary/aromatic N) is 1. The molecule has 2 saturated heterocycles. The van der Waals surface area contributed by atoms with Crippen molar-refractivity contribution in [3.05, 3.63) is 0 Å². The van der Waals surface area contributed by atoms with E-state index in [0.29, 0.717) is 5.41 Å². The molecule has 0 amide bonds. The summed E-state index contributed by atoms with van der Waals surface area (Å²) in [5.74, 6) is 0. The molecule has 2 heterocycles. The summed E-state index contributed by atoms with van der Waals surface area (Å²) < 4.78 is 5.63. The van der Waals surface area contributed by atoms with Gasteiger partial charge in [0.25, 0.3) is 0 Å². The largest absolute Gasteiger partial charge is 0.381 e. The third kappa shape index (κ3) is 3.19. The Balaban J connectivity index is 1.85. The third-order valence-corrected chi connectivity index (χ3v) is 3.94. The second-order valence-electron chi connectivity index (χ2n) is 5.42. The molecule has 0 aliphatic carbocycles. The zero-order valence-corrected chi connectivity index (χ0v) is 10.6. The maximum atomic E-state index is 5.63. The quantitative estimate of drug-likeness (QED) is 0.768. The fraction of sp³-hybridized carbons (Fsp3) is 1.00. The van der Waals surface area contributed by atoms with E-state index in [9.17, 15) is 0 Å². The zero-order valence-electron chi connectivity index (χ0n) is 10.6. The fourth-order valence-corrected chi connectivity index (χ4v) is 2.95. The summed E-state index contributed by atoms with van der Waals surface area (Å²) in [6.45, 7) is 10.1. The second kappa shape index (κ2) is 5.99. The topological polar surface area (TPSA) is 24.5 Å². The molecule has 2 rings (SSSR count). The molecule has 0 radical (unpaired) electrons. The summed E-state index contributed by atoms with van der Waals surface area (Å²) in [6, 6.07) is 0.